The average molecular weight is 432 g/mol. The van der Waals surface area contributed by atoms with E-state index in [2.05, 4.69) is 5.32 Å². The van der Waals surface area contributed by atoms with E-state index in [0.29, 0.717) is 31.0 Å². The first-order valence-electron chi connectivity index (χ1n) is 9.72. The van der Waals surface area contributed by atoms with Crippen molar-refractivity contribution in [3.8, 4) is 6.07 Å². The number of methoxy groups -OCH3 is 1. The summed E-state index contributed by atoms with van der Waals surface area (Å²) in [6.07, 6.45) is -4.62. The van der Waals surface area contributed by atoms with Crippen LogP contribution in [-0.4, -0.2) is 50.3 Å². The number of aryl methyl sites for hydroxylation is 1. The molecule has 0 spiro atoms. The van der Waals surface area contributed by atoms with Gasteiger partial charge in [-0.15, -0.1) is 0 Å². The zero-order valence-electron chi connectivity index (χ0n) is 17.2. The number of carbonyl (C=O) groups is 1. The second-order valence-corrected chi connectivity index (χ2v) is 7.38. The predicted octanol–water partition coefficient (Wildman–Crippen LogP) is 4.25. The van der Waals surface area contributed by atoms with Crippen molar-refractivity contribution in [2.24, 2.45) is 0 Å². The van der Waals surface area contributed by atoms with Crippen LogP contribution in [0.15, 0.2) is 42.5 Å². The predicted molar refractivity (Wildman–Crippen MR) is 111 cm³/mol. The van der Waals surface area contributed by atoms with Gasteiger partial charge in [0.25, 0.3) is 0 Å². The fourth-order valence-corrected chi connectivity index (χ4v) is 3.59. The van der Waals surface area contributed by atoms with Crippen LogP contribution in [0.25, 0.3) is 0 Å². The Hall–Kier alpha value is -3.25. The number of amides is 2. The summed E-state index contributed by atoms with van der Waals surface area (Å²) in [7, 11) is 1.51. The van der Waals surface area contributed by atoms with Gasteiger partial charge >= 0.3 is 12.2 Å². The number of anilines is 2. The Bertz CT molecular complexity index is 970. The summed E-state index contributed by atoms with van der Waals surface area (Å²) in [5, 5.41) is 11.8. The minimum Gasteiger partial charge on any atom is -0.382 e. The van der Waals surface area contributed by atoms with Crippen molar-refractivity contribution in [2.75, 3.05) is 43.6 Å². The molecule has 3 rings (SSSR count). The van der Waals surface area contributed by atoms with Gasteiger partial charge in [0.2, 0.25) is 0 Å². The lowest BCUT2D eigenvalue weighted by atomic mass is 10.1. The maximum atomic E-state index is 13.3. The normalized spacial score (nSPS) is 16.7. The number of ether oxygens (including phenoxy) is 1. The van der Waals surface area contributed by atoms with E-state index in [-0.39, 0.29) is 18.7 Å². The standard InChI is InChI=1S/C22H23F3N4O2/c1-15-3-6-17(7-4-15)27-21(30)29-10-9-28(13-19(29)14-31-2)18-8-5-16(12-26)20(11-18)22(23,24)25/h3-8,11,19H,9-10,13-14H2,1-2H3,(H,27,30). The number of urea groups is 1. The van der Waals surface area contributed by atoms with Gasteiger partial charge in [-0.2, -0.15) is 18.4 Å². The van der Waals surface area contributed by atoms with Gasteiger partial charge in [0.05, 0.1) is 29.8 Å². The molecule has 1 aliphatic rings. The van der Waals surface area contributed by atoms with Gasteiger partial charge in [-0.3, -0.25) is 0 Å². The number of piperazine rings is 1. The molecular formula is C22H23F3N4O2. The number of nitrogens with zero attached hydrogens (tertiary/aromatic N) is 3. The summed E-state index contributed by atoms with van der Waals surface area (Å²) in [5.41, 5.74) is 0.711. The SMILES string of the molecule is COCC1CN(c2ccc(C#N)c(C(F)(F)F)c2)CCN1C(=O)Nc1ccc(C)cc1. The number of halogens is 3. The second-order valence-electron chi connectivity index (χ2n) is 7.38. The van der Waals surface area contributed by atoms with Crippen LogP contribution in [0.1, 0.15) is 16.7 Å². The number of benzene rings is 2. The first kappa shape index (κ1) is 22.4. The number of nitriles is 1. The van der Waals surface area contributed by atoms with E-state index in [9.17, 15) is 18.0 Å². The lowest BCUT2D eigenvalue weighted by Gasteiger charge is -2.42. The molecule has 2 aromatic carbocycles. The topological polar surface area (TPSA) is 68.6 Å². The van der Waals surface area contributed by atoms with Gasteiger partial charge in [-0.05, 0) is 37.3 Å². The molecule has 2 aromatic rings. The van der Waals surface area contributed by atoms with Crippen molar-refractivity contribution < 1.29 is 22.7 Å². The monoisotopic (exact) mass is 432 g/mol. The van der Waals surface area contributed by atoms with Crippen LogP contribution in [0.5, 0.6) is 0 Å². The van der Waals surface area contributed by atoms with Crippen LogP contribution in [0.4, 0.5) is 29.3 Å². The molecule has 1 fully saturated rings. The number of alkyl halides is 3. The summed E-state index contributed by atoms with van der Waals surface area (Å²) in [5.74, 6) is 0. The molecule has 1 heterocycles. The molecule has 9 heteroatoms. The number of hydrogen-bond acceptors (Lipinski definition) is 4. The highest BCUT2D eigenvalue weighted by atomic mass is 19.4. The van der Waals surface area contributed by atoms with Gasteiger partial charge < -0.3 is 19.9 Å². The van der Waals surface area contributed by atoms with Crippen molar-refractivity contribution >= 4 is 17.4 Å². The molecule has 6 nitrogen and oxygen atoms in total. The van der Waals surface area contributed by atoms with Crippen LogP contribution >= 0.6 is 0 Å². The largest absolute Gasteiger partial charge is 0.417 e. The van der Waals surface area contributed by atoms with Crippen molar-refractivity contribution in [1.29, 1.82) is 5.26 Å². The van der Waals surface area contributed by atoms with Crippen LogP contribution < -0.4 is 10.2 Å². The molecule has 0 bridgehead atoms. The molecule has 1 N–H and O–H groups in total. The highest BCUT2D eigenvalue weighted by molar-refractivity contribution is 5.89. The molecule has 1 unspecified atom stereocenters. The van der Waals surface area contributed by atoms with Gasteiger partial charge in [0.15, 0.2) is 0 Å². The number of hydrogen-bond donors (Lipinski definition) is 1. The van der Waals surface area contributed by atoms with E-state index in [1.54, 1.807) is 15.9 Å². The van der Waals surface area contributed by atoms with E-state index < -0.39 is 17.3 Å². The third-order valence-corrected chi connectivity index (χ3v) is 5.20. The summed E-state index contributed by atoms with van der Waals surface area (Å²) in [4.78, 5) is 16.2. The highest BCUT2D eigenvalue weighted by Crippen LogP contribution is 2.35. The minimum atomic E-state index is -4.62. The summed E-state index contributed by atoms with van der Waals surface area (Å²) in [6.45, 7) is 3.16. The van der Waals surface area contributed by atoms with Crippen molar-refractivity contribution in [3.63, 3.8) is 0 Å². The van der Waals surface area contributed by atoms with Gasteiger partial charge in [-0.1, -0.05) is 17.7 Å². The maximum absolute atomic E-state index is 13.3. The second kappa shape index (κ2) is 9.27. The fourth-order valence-electron chi connectivity index (χ4n) is 3.59. The van der Waals surface area contributed by atoms with Gasteiger partial charge in [-0.25, -0.2) is 4.79 Å². The van der Waals surface area contributed by atoms with Crippen LogP contribution in [0.2, 0.25) is 0 Å². The van der Waals surface area contributed by atoms with Gasteiger partial charge in [0.1, 0.15) is 0 Å². The van der Waals surface area contributed by atoms with E-state index in [1.807, 2.05) is 31.2 Å². The third kappa shape index (κ3) is 5.27. The zero-order chi connectivity index (χ0) is 22.6. The quantitative estimate of drug-likeness (QED) is 0.784. The fraction of sp³-hybridized carbons (Fsp3) is 0.364. The Kier molecular flexibility index (Phi) is 6.71. The molecule has 0 saturated carbocycles. The minimum absolute atomic E-state index is 0.236. The van der Waals surface area contributed by atoms with Crippen molar-refractivity contribution in [1.82, 2.24) is 4.90 Å². The van der Waals surface area contributed by atoms with E-state index >= 15 is 0 Å². The lowest BCUT2D eigenvalue weighted by molar-refractivity contribution is -0.137. The van der Waals surface area contributed by atoms with Gasteiger partial charge in [0, 0.05) is 38.1 Å². The molecule has 2 amide bonds. The molecule has 1 saturated heterocycles. The number of carbonyl (C=O) groups excluding carboxylic acids is 1. The lowest BCUT2D eigenvalue weighted by Crippen LogP contribution is -2.58. The first-order valence-corrected chi connectivity index (χ1v) is 9.72. The molecule has 0 aliphatic carbocycles. The third-order valence-electron chi connectivity index (χ3n) is 5.20. The van der Waals surface area contributed by atoms with Crippen LogP contribution in [0.3, 0.4) is 0 Å². The molecule has 1 atom stereocenters. The summed E-state index contributed by atoms with van der Waals surface area (Å²) < 4.78 is 45.2. The van der Waals surface area contributed by atoms with Crippen molar-refractivity contribution in [3.05, 3.63) is 59.2 Å². The van der Waals surface area contributed by atoms with Crippen molar-refractivity contribution in [2.45, 2.75) is 19.1 Å². The smallest absolute Gasteiger partial charge is 0.382 e. The Labute approximate surface area is 178 Å². The Balaban J connectivity index is 1.77. The first-order chi connectivity index (χ1) is 14.7. The average Bonchev–Trinajstić information content (AvgIpc) is 2.74. The zero-order valence-corrected chi connectivity index (χ0v) is 17.2. The van der Waals surface area contributed by atoms with E-state index in [1.165, 1.54) is 19.2 Å². The number of rotatable bonds is 4. The Morgan fingerprint density at radius 2 is 1.94 bits per heavy atom. The molecule has 1 aliphatic heterocycles. The molecule has 0 aromatic heterocycles. The van der Waals surface area contributed by atoms with Crippen LogP contribution in [-0.2, 0) is 10.9 Å². The molecular weight excluding hydrogens is 409 g/mol. The molecule has 164 valence electrons. The summed E-state index contributed by atoms with van der Waals surface area (Å²) >= 11 is 0. The highest BCUT2D eigenvalue weighted by Gasteiger charge is 2.36. The van der Waals surface area contributed by atoms with Crippen LogP contribution in [0, 0.1) is 18.3 Å². The van der Waals surface area contributed by atoms with E-state index in [0.717, 1.165) is 11.6 Å². The Morgan fingerprint density at radius 3 is 2.55 bits per heavy atom. The maximum Gasteiger partial charge on any atom is 0.417 e. The number of nitrogens with one attached hydrogen (secondary N) is 1. The van der Waals surface area contributed by atoms with E-state index in [4.69, 9.17) is 10.00 Å². The Morgan fingerprint density at radius 1 is 1.23 bits per heavy atom. The summed E-state index contributed by atoms with van der Waals surface area (Å²) in [6, 6.07) is 12.0. The molecule has 0 radical (unpaired) electrons. The molecule has 31 heavy (non-hydrogen) atoms.